The smallest absolute Gasteiger partial charge is 0.160 e. The Morgan fingerprint density at radius 3 is 2.12 bits per heavy atom. The first kappa shape index (κ1) is 13.2. The molecule has 0 aliphatic heterocycles. The molecule has 0 N–H and O–H groups in total. The van der Waals surface area contributed by atoms with Crippen molar-refractivity contribution in [3.63, 3.8) is 0 Å². The van der Waals surface area contributed by atoms with E-state index in [-0.39, 0.29) is 13.2 Å². The van der Waals surface area contributed by atoms with Crippen LogP contribution in [-0.2, 0) is 0 Å². The molecule has 0 heterocycles. The molecule has 0 spiro atoms. The topological polar surface area (TPSA) is 17.1 Å². The zero-order valence-electron chi connectivity index (χ0n) is 9.53. The van der Waals surface area contributed by atoms with Gasteiger partial charge < -0.3 is 0 Å². The fourth-order valence-corrected chi connectivity index (χ4v) is 1.87. The second-order valence-electron chi connectivity index (χ2n) is 3.95. The molecule has 0 bridgehead atoms. The molecule has 0 saturated carbocycles. The van der Waals surface area contributed by atoms with Crippen LogP contribution in [0.1, 0.15) is 30.3 Å². The van der Waals surface area contributed by atoms with Crippen LogP contribution >= 0.6 is 0 Å². The molecular weight excluding hydrogens is 208 g/mol. The summed E-state index contributed by atoms with van der Waals surface area (Å²) in [5.41, 5.74) is 4.18. The minimum atomic E-state index is 0. The Balaban J connectivity index is 0.00000144. The van der Waals surface area contributed by atoms with Gasteiger partial charge in [-0.1, -0.05) is 56.0 Å². The van der Waals surface area contributed by atoms with Crippen molar-refractivity contribution in [1.29, 1.82) is 0 Å². The van der Waals surface area contributed by atoms with Crippen molar-refractivity contribution in [2.24, 2.45) is 0 Å². The van der Waals surface area contributed by atoms with Crippen molar-refractivity contribution in [2.75, 3.05) is 0 Å². The lowest BCUT2D eigenvalue weighted by Gasteiger charge is -2.06. The van der Waals surface area contributed by atoms with Gasteiger partial charge in [0.1, 0.15) is 0 Å². The number of Topliss-reactive ketones (excluding diaryl/α,β-unsaturated/α-hetero) is 1. The number of hydrogen-bond donors (Lipinski definition) is 0. The molecule has 0 saturated heterocycles. The van der Waals surface area contributed by atoms with Crippen molar-refractivity contribution < 1.29 is 4.79 Å². The first-order chi connectivity index (χ1) is 7.68. The van der Waals surface area contributed by atoms with Gasteiger partial charge in [-0.3, -0.25) is 4.79 Å². The van der Waals surface area contributed by atoms with Crippen LogP contribution in [0.3, 0.4) is 0 Å². The van der Waals surface area contributed by atoms with Gasteiger partial charge >= 0.3 is 0 Å². The standard InChI is InChI=1S/C15H14O.CH4/c1-11-10-14(8-9-15(11)12(2)16)13-6-4-3-5-7-13;/h3-10H,1-2H3;1H4. The highest BCUT2D eigenvalue weighted by Gasteiger charge is 2.05. The van der Waals surface area contributed by atoms with E-state index in [1.54, 1.807) is 6.92 Å². The molecule has 0 aliphatic carbocycles. The Hall–Kier alpha value is -1.89. The highest BCUT2D eigenvalue weighted by molar-refractivity contribution is 5.96. The second-order valence-corrected chi connectivity index (χ2v) is 3.95. The minimum absolute atomic E-state index is 0. The van der Waals surface area contributed by atoms with Crippen LogP contribution < -0.4 is 0 Å². The van der Waals surface area contributed by atoms with Crippen LogP contribution in [-0.4, -0.2) is 5.78 Å². The Bertz CT molecular complexity index is 512. The third kappa shape index (κ3) is 2.82. The lowest BCUT2D eigenvalue weighted by molar-refractivity contribution is 0.101. The lowest BCUT2D eigenvalue weighted by atomic mass is 9.98. The molecule has 17 heavy (non-hydrogen) atoms. The minimum Gasteiger partial charge on any atom is -0.295 e. The summed E-state index contributed by atoms with van der Waals surface area (Å²) >= 11 is 0. The summed E-state index contributed by atoms with van der Waals surface area (Å²) in [6.07, 6.45) is 0. The number of carbonyl (C=O) groups excluding carboxylic acids is 1. The predicted octanol–water partition coefficient (Wildman–Crippen LogP) is 4.50. The van der Waals surface area contributed by atoms with Crippen molar-refractivity contribution >= 4 is 5.78 Å². The molecule has 0 aromatic heterocycles. The molecule has 2 aromatic rings. The average molecular weight is 226 g/mol. The van der Waals surface area contributed by atoms with Gasteiger partial charge in [0.05, 0.1) is 0 Å². The quantitative estimate of drug-likeness (QED) is 0.689. The molecule has 1 nitrogen and oxygen atoms in total. The molecule has 0 atom stereocenters. The van der Waals surface area contributed by atoms with E-state index in [4.69, 9.17) is 0 Å². The fraction of sp³-hybridized carbons (Fsp3) is 0.188. The molecule has 0 amide bonds. The fourth-order valence-electron chi connectivity index (χ4n) is 1.87. The van der Waals surface area contributed by atoms with E-state index in [9.17, 15) is 4.79 Å². The van der Waals surface area contributed by atoms with Crippen LogP contribution in [0.15, 0.2) is 48.5 Å². The Kier molecular flexibility index (Phi) is 4.22. The number of ketones is 1. The summed E-state index contributed by atoms with van der Waals surface area (Å²) < 4.78 is 0. The largest absolute Gasteiger partial charge is 0.295 e. The van der Waals surface area contributed by atoms with E-state index in [1.165, 1.54) is 5.56 Å². The van der Waals surface area contributed by atoms with Gasteiger partial charge in [-0.25, -0.2) is 0 Å². The van der Waals surface area contributed by atoms with E-state index < -0.39 is 0 Å². The summed E-state index contributed by atoms with van der Waals surface area (Å²) in [4.78, 5) is 11.3. The number of carbonyl (C=O) groups is 1. The maximum Gasteiger partial charge on any atom is 0.160 e. The van der Waals surface area contributed by atoms with Gasteiger partial charge in [-0.05, 0) is 30.5 Å². The number of benzene rings is 2. The van der Waals surface area contributed by atoms with E-state index in [2.05, 4.69) is 18.2 Å². The van der Waals surface area contributed by atoms with E-state index in [0.717, 1.165) is 16.7 Å². The Morgan fingerprint density at radius 2 is 1.59 bits per heavy atom. The van der Waals surface area contributed by atoms with Gasteiger partial charge in [0.25, 0.3) is 0 Å². The normalized spacial score (nSPS) is 9.53. The molecule has 2 rings (SSSR count). The molecule has 2 aromatic carbocycles. The van der Waals surface area contributed by atoms with Crippen LogP contribution in [0.2, 0.25) is 0 Å². The summed E-state index contributed by atoms with van der Waals surface area (Å²) in [6, 6.07) is 16.1. The SMILES string of the molecule is C.CC(=O)c1ccc(-c2ccccc2)cc1C. The monoisotopic (exact) mass is 226 g/mol. The number of hydrogen-bond acceptors (Lipinski definition) is 1. The lowest BCUT2D eigenvalue weighted by Crippen LogP contribution is -1.95. The summed E-state index contributed by atoms with van der Waals surface area (Å²) in [5, 5.41) is 0. The number of aryl methyl sites for hydroxylation is 1. The molecule has 1 heteroatoms. The van der Waals surface area contributed by atoms with Crippen molar-refractivity contribution in [3.05, 3.63) is 59.7 Å². The van der Waals surface area contributed by atoms with Gasteiger partial charge in [0.2, 0.25) is 0 Å². The van der Waals surface area contributed by atoms with E-state index in [1.807, 2.05) is 37.3 Å². The first-order valence-electron chi connectivity index (χ1n) is 5.35. The molecule has 88 valence electrons. The van der Waals surface area contributed by atoms with Crippen molar-refractivity contribution in [1.82, 2.24) is 0 Å². The van der Waals surface area contributed by atoms with Gasteiger partial charge in [-0.15, -0.1) is 0 Å². The van der Waals surface area contributed by atoms with Gasteiger partial charge in [0.15, 0.2) is 5.78 Å². The van der Waals surface area contributed by atoms with Gasteiger partial charge in [0, 0.05) is 5.56 Å². The third-order valence-electron chi connectivity index (χ3n) is 2.71. The molecule has 0 fully saturated rings. The highest BCUT2D eigenvalue weighted by Crippen LogP contribution is 2.22. The van der Waals surface area contributed by atoms with Crippen molar-refractivity contribution in [3.8, 4) is 11.1 Å². The van der Waals surface area contributed by atoms with Crippen LogP contribution in [0.25, 0.3) is 11.1 Å². The summed E-state index contributed by atoms with van der Waals surface area (Å²) in [6.45, 7) is 3.58. The zero-order chi connectivity index (χ0) is 11.5. The van der Waals surface area contributed by atoms with E-state index >= 15 is 0 Å². The summed E-state index contributed by atoms with van der Waals surface area (Å²) in [5.74, 6) is 0.122. The molecule has 0 radical (unpaired) electrons. The average Bonchev–Trinajstić information content (AvgIpc) is 2.29. The second kappa shape index (κ2) is 5.44. The zero-order valence-corrected chi connectivity index (χ0v) is 9.53. The third-order valence-corrected chi connectivity index (χ3v) is 2.71. The molecule has 0 aliphatic rings. The van der Waals surface area contributed by atoms with Crippen LogP contribution in [0.4, 0.5) is 0 Å². The number of rotatable bonds is 2. The van der Waals surface area contributed by atoms with Gasteiger partial charge in [-0.2, -0.15) is 0 Å². The maximum atomic E-state index is 11.3. The Morgan fingerprint density at radius 1 is 0.941 bits per heavy atom. The first-order valence-corrected chi connectivity index (χ1v) is 5.35. The Labute approximate surface area is 103 Å². The molecule has 0 unspecified atom stereocenters. The highest BCUT2D eigenvalue weighted by atomic mass is 16.1. The van der Waals surface area contributed by atoms with Crippen LogP contribution in [0.5, 0.6) is 0 Å². The van der Waals surface area contributed by atoms with Crippen molar-refractivity contribution in [2.45, 2.75) is 21.3 Å². The van der Waals surface area contributed by atoms with E-state index in [0.29, 0.717) is 0 Å². The molecular formula is C16H18O. The van der Waals surface area contributed by atoms with Crippen LogP contribution in [0, 0.1) is 6.92 Å². The maximum absolute atomic E-state index is 11.3. The summed E-state index contributed by atoms with van der Waals surface area (Å²) in [7, 11) is 0. The predicted molar refractivity (Wildman–Crippen MR) is 73.4 cm³/mol.